The average Bonchev–Trinajstić information content (AvgIpc) is 2.63. The number of aromatic nitrogens is 5. The van der Waals surface area contributed by atoms with E-state index in [-0.39, 0.29) is 5.56 Å². The monoisotopic (exact) mass is 320 g/mol. The van der Waals surface area contributed by atoms with Gasteiger partial charge in [-0.05, 0) is 24.1 Å². The van der Waals surface area contributed by atoms with E-state index in [0.717, 1.165) is 24.3 Å². The van der Waals surface area contributed by atoms with E-state index in [1.165, 1.54) is 11.9 Å². The lowest BCUT2D eigenvalue weighted by Crippen LogP contribution is -2.35. The molecule has 1 aliphatic rings. The molecule has 0 amide bonds. The number of fused-ring (bicyclic) bond motifs is 1. The second kappa shape index (κ2) is 6.29. The van der Waals surface area contributed by atoms with Crippen molar-refractivity contribution in [3.8, 4) is 11.4 Å². The van der Waals surface area contributed by atoms with Crippen molar-refractivity contribution in [3.63, 3.8) is 0 Å². The first-order valence-electron chi connectivity index (χ1n) is 7.78. The summed E-state index contributed by atoms with van der Waals surface area (Å²) >= 11 is 0. The molecule has 24 heavy (non-hydrogen) atoms. The van der Waals surface area contributed by atoms with Crippen LogP contribution < -0.4 is 5.56 Å². The number of rotatable bonds is 3. The highest BCUT2D eigenvalue weighted by Crippen LogP contribution is 2.19. The molecule has 0 atom stereocenters. The van der Waals surface area contributed by atoms with Crippen LogP contribution in [0, 0.1) is 0 Å². The number of H-pyrrole nitrogens is 1. The van der Waals surface area contributed by atoms with Gasteiger partial charge in [-0.3, -0.25) is 14.7 Å². The molecule has 1 N–H and O–H groups in total. The van der Waals surface area contributed by atoms with Gasteiger partial charge in [-0.15, -0.1) is 0 Å². The number of aromatic amines is 1. The van der Waals surface area contributed by atoms with Crippen molar-refractivity contribution in [2.24, 2.45) is 0 Å². The van der Waals surface area contributed by atoms with Crippen LogP contribution in [-0.2, 0) is 19.5 Å². The summed E-state index contributed by atoms with van der Waals surface area (Å²) in [5, 5.41) is 0. The molecule has 7 heteroatoms. The summed E-state index contributed by atoms with van der Waals surface area (Å²) in [7, 11) is 0. The fourth-order valence-electron chi connectivity index (χ4n) is 2.93. The SMILES string of the molecule is O=c1[nH]c(-c2cncnc2)nc2c1CCN(Cc1ccncc1)C2. The van der Waals surface area contributed by atoms with Gasteiger partial charge in [0.15, 0.2) is 0 Å². The highest BCUT2D eigenvalue weighted by molar-refractivity contribution is 5.52. The van der Waals surface area contributed by atoms with E-state index in [4.69, 9.17) is 0 Å². The van der Waals surface area contributed by atoms with Crippen molar-refractivity contribution >= 4 is 0 Å². The summed E-state index contributed by atoms with van der Waals surface area (Å²) in [5.74, 6) is 0.519. The second-order valence-corrected chi connectivity index (χ2v) is 5.78. The lowest BCUT2D eigenvalue weighted by Gasteiger charge is -2.27. The van der Waals surface area contributed by atoms with Crippen LogP contribution >= 0.6 is 0 Å². The van der Waals surface area contributed by atoms with Crippen molar-refractivity contribution in [3.05, 3.63) is 70.4 Å². The first kappa shape index (κ1) is 14.6. The predicted molar refractivity (Wildman–Crippen MR) is 87.9 cm³/mol. The third-order valence-corrected chi connectivity index (χ3v) is 4.14. The molecule has 120 valence electrons. The molecule has 4 rings (SSSR count). The molecule has 4 heterocycles. The van der Waals surface area contributed by atoms with E-state index in [0.29, 0.717) is 24.4 Å². The van der Waals surface area contributed by atoms with Crippen LogP contribution in [0.5, 0.6) is 0 Å². The molecule has 0 saturated heterocycles. The van der Waals surface area contributed by atoms with Gasteiger partial charge in [0.1, 0.15) is 12.2 Å². The van der Waals surface area contributed by atoms with E-state index < -0.39 is 0 Å². The number of nitrogens with zero attached hydrogens (tertiary/aromatic N) is 5. The van der Waals surface area contributed by atoms with Crippen LogP contribution in [0.2, 0.25) is 0 Å². The number of pyridine rings is 1. The average molecular weight is 320 g/mol. The maximum absolute atomic E-state index is 12.4. The first-order chi connectivity index (χ1) is 11.8. The van der Waals surface area contributed by atoms with Crippen LogP contribution in [0.1, 0.15) is 16.8 Å². The highest BCUT2D eigenvalue weighted by Gasteiger charge is 2.21. The Kier molecular flexibility index (Phi) is 3.84. The normalized spacial score (nSPS) is 14.3. The lowest BCUT2D eigenvalue weighted by atomic mass is 10.1. The summed E-state index contributed by atoms with van der Waals surface area (Å²) in [5.41, 5.74) is 3.46. The van der Waals surface area contributed by atoms with E-state index >= 15 is 0 Å². The van der Waals surface area contributed by atoms with Gasteiger partial charge >= 0.3 is 0 Å². The van der Waals surface area contributed by atoms with Gasteiger partial charge in [-0.2, -0.15) is 0 Å². The molecule has 0 spiro atoms. The minimum atomic E-state index is -0.0672. The summed E-state index contributed by atoms with van der Waals surface area (Å²) in [6.07, 6.45) is 9.04. The second-order valence-electron chi connectivity index (χ2n) is 5.78. The van der Waals surface area contributed by atoms with Crippen LogP contribution in [0.15, 0.2) is 48.0 Å². The molecule has 0 bridgehead atoms. The molecule has 3 aromatic heterocycles. The Hall–Kier alpha value is -2.93. The fraction of sp³-hybridized carbons (Fsp3) is 0.235. The van der Waals surface area contributed by atoms with Crippen LogP contribution in [0.3, 0.4) is 0 Å². The number of nitrogens with one attached hydrogen (secondary N) is 1. The standard InChI is InChI=1S/C17H16N6O/c24-17-14-3-6-23(9-12-1-4-18-5-2-12)10-15(14)21-16(22-17)13-7-19-11-20-8-13/h1-2,4-5,7-8,11H,3,6,9-10H2,(H,21,22,24). The molecule has 0 aliphatic carbocycles. The lowest BCUT2D eigenvalue weighted by molar-refractivity contribution is 0.240. The molecule has 3 aromatic rings. The highest BCUT2D eigenvalue weighted by atomic mass is 16.1. The van der Waals surface area contributed by atoms with Crippen LogP contribution in [-0.4, -0.2) is 36.4 Å². The summed E-state index contributed by atoms with van der Waals surface area (Å²) in [6, 6.07) is 4.01. The smallest absolute Gasteiger partial charge is 0.254 e. The maximum Gasteiger partial charge on any atom is 0.254 e. The quantitative estimate of drug-likeness (QED) is 0.780. The Morgan fingerprint density at radius 3 is 2.71 bits per heavy atom. The first-order valence-corrected chi connectivity index (χ1v) is 7.78. The third-order valence-electron chi connectivity index (χ3n) is 4.14. The Bertz CT molecular complexity index is 894. The van der Waals surface area contributed by atoms with E-state index in [2.05, 4.69) is 29.8 Å². The van der Waals surface area contributed by atoms with Gasteiger partial charge in [0.25, 0.3) is 5.56 Å². The Balaban J connectivity index is 1.62. The van der Waals surface area contributed by atoms with Gasteiger partial charge < -0.3 is 4.98 Å². The van der Waals surface area contributed by atoms with E-state index in [9.17, 15) is 4.79 Å². The molecule has 0 fully saturated rings. The van der Waals surface area contributed by atoms with Crippen molar-refractivity contribution in [2.45, 2.75) is 19.5 Å². The van der Waals surface area contributed by atoms with Crippen molar-refractivity contribution in [1.29, 1.82) is 0 Å². The maximum atomic E-state index is 12.4. The fourth-order valence-corrected chi connectivity index (χ4v) is 2.93. The molecule has 7 nitrogen and oxygen atoms in total. The molecule has 0 radical (unpaired) electrons. The van der Waals surface area contributed by atoms with E-state index in [1.807, 2.05) is 12.1 Å². The zero-order chi connectivity index (χ0) is 16.4. The minimum Gasteiger partial charge on any atom is -0.306 e. The van der Waals surface area contributed by atoms with Gasteiger partial charge in [0.2, 0.25) is 0 Å². The predicted octanol–water partition coefficient (Wildman–Crippen LogP) is 1.18. The third kappa shape index (κ3) is 2.93. The van der Waals surface area contributed by atoms with Gasteiger partial charge in [0, 0.05) is 50.0 Å². The molecular weight excluding hydrogens is 304 g/mol. The molecule has 1 aliphatic heterocycles. The summed E-state index contributed by atoms with van der Waals surface area (Å²) < 4.78 is 0. The van der Waals surface area contributed by atoms with Crippen LogP contribution in [0.25, 0.3) is 11.4 Å². The number of hydrogen-bond donors (Lipinski definition) is 1. The summed E-state index contributed by atoms with van der Waals surface area (Å²) in [4.78, 5) is 34.1. The topological polar surface area (TPSA) is 87.7 Å². The largest absolute Gasteiger partial charge is 0.306 e. The Morgan fingerprint density at radius 1 is 1.12 bits per heavy atom. The van der Waals surface area contributed by atoms with Gasteiger partial charge in [0.05, 0.1) is 11.3 Å². The van der Waals surface area contributed by atoms with Crippen molar-refractivity contribution in [1.82, 2.24) is 29.8 Å². The molecular formula is C17H16N6O. The zero-order valence-electron chi connectivity index (χ0n) is 13.0. The Morgan fingerprint density at radius 2 is 1.92 bits per heavy atom. The van der Waals surface area contributed by atoms with Crippen molar-refractivity contribution in [2.75, 3.05) is 6.54 Å². The van der Waals surface area contributed by atoms with Gasteiger partial charge in [-0.1, -0.05) is 0 Å². The van der Waals surface area contributed by atoms with Crippen LogP contribution in [0.4, 0.5) is 0 Å². The minimum absolute atomic E-state index is 0.0672. The van der Waals surface area contributed by atoms with Gasteiger partial charge in [-0.25, -0.2) is 15.0 Å². The molecule has 0 unspecified atom stereocenters. The zero-order valence-corrected chi connectivity index (χ0v) is 13.0. The van der Waals surface area contributed by atoms with Crippen molar-refractivity contribution < 1.29 is 0 Å². The Labute approximate surface area is 138 Å². The molecule has 0 aromatic carbocycles. The number of hydrogen-bond acceptors (Lipinski definition) is 6. The molecule has 0 saturated carbocycles. The van der Waals surface area contributed by atoms with E-state index in [1.54, 1.807) is 24.8 Å². The summed E-state index contributed by atoms with van der Waals surface area (Å²) in [6.45, 7) is 2.32.